The lowest BCUT2D eigenvalue weighted by molar-refractivity contribution is -0.109. The van der Waals surface area contributed by atoms with Crippen molar-refractivity contribution >= 4 is 16.9 Å². The standard InChI is InChI=1S/C12H14F2O4S/c1-6(15)19-5-10(16)11(17)8-3-7(13)4-9(14)12(8)18-2/h3-4,10-11,16-17H,5H2,1-2H3. The number of hydrogen-bond acceptors (Lipinski definition) is 5. The van der Waals surface area contributed by atoms with Gasteiger partial charge in [-0.15, -0.1) is 0 Å². The molecule has 0 spiro atoms. The fraction of sp³-hybridized carbons (Fsp3) is 0.417. The lowest BCUT2D eigenvalue weighted by Gasteiger charge is -2.20. The number of thioether (sulfide) groups is 1. The largest absolute Gasteiger partial charge is 0.493 e. The van der Waals surface area contributed by atoms with Gasteiger partial charge in [-0.3, -0.25) is 4.79 Å². The second kappa shape index (κ2) is 6.83. The van der Waals surface area contributed by atoms with E-state index in [0.29, 0.717) is 6.07 Å². The number of hydrogen-bond donors (Lipinski definition) is 2. The molecule has 1 aromatic rings. The summed E-state index contributed by atoms with van der Waals surface area (Å²) in [7, 11) is 1.17. The smallest absolute Gasteiger partial charge is 0.185 e. The van der Waals surface area contributed by atoms with E-state index in [4.69, 9.17) is 4.74 Å². The average molecular weight is 292 g/mol. The lowest BCUT2D eigenvalue weighted by atomic mass is 10.0. The van der Waals surface area contributed by atoms with Crippen LogP contribution in [0, 0.1) is 11.6 Å². The van der Waals surface area contributed by atoms with E-state index in [1.807, 2.05) is 0 Å². The summed E-state index contributed by atoms with van der Waals surface area (Å²) in [4.78, 5) is 10.8. The molecule has 4 nitrogen and oxygen atoms in total. The molecule has 1 aromatic carbocycles. The molecule has 106 valence electrons. The molecule has 0 aliphatic carbocycles. The number of aliphatic hydroxyl groups excluding tert-OH is 2. The van der Waals surface area contributed by atoms with Gasteiger partial charge in [-0.25, -0.2) is 8.78 Å². The van der Waals surface area contributed by atoms with Gasteiger partial charge in [0, 0.05) is 24.3 Å². The van der Waals surface area contributed by atoms with Crippen molar-refractivity contribution in [1.82, 2.24) is 0 Å². The minimum Gasteiger partial charge on any atom is -0.493 e. The van der Waals surface area contributed by atoms with Gasteiger partial charge in [0.2, 0.25) is 0 Å². The first-order valence-electron chi connectivity index (χ1n) is 5.39. The van der Waals surface area contributed by atoms with E-state index in [1.54, 1.807) is 0 Å². The third-order valence-corrected chi connectivity index (χ3v) is 3.30. The Morgan fingerprint density at radius 3 is 2.58 bits per heavy atom. The summed E-state index contributed by atoms with van der Waals surface area (Å²) in [5.41, 5.74) is -0.198. The van der Waals surface area contributed by atoms with Gasteiger partial charge in [0.25, 0.3) is 0 Å². The number of carbonyl (C=O) groups is 1. The Morgan fingerprint density at radius 2 is 2.05 bits per heavy atom. The van der Waals surface area contributed by atoms with Crippen molar-refractivity contribution in [1.29, 1.82) is 0 Å². The molecular formula is C12H14F2O4S. The average Bonchev–Trinajstić information content (AvgIpc) is 2.34. The minimum absolute atomic E-state index is 0.0855. The van der Waals surface area contributed by atoms with Crippen molar-refractivity contribution in [2.75, 3.05) is 12.9 Å². The first-order chi connectivity index (χ1) is 8.86. The summed E-state index contributed by atoms with van der Waals surface area (Å²) < 4.78 is 31.3. The zero-order valence-corrected chi connectivity index (χ0v) is 11.2. The SMILES string of the molecule is COc1c(F)cc(F)cc1C(O)C(O)CSC(C)=O. The molecular weight excluding hydrogens is 278 g/mol. The van der Waals surface area contributed by atoms with E-state index < -0.39 is 23.8 Å². The summed E-state index contributed by atoms with van der Waals surface area (Å²) in [5, 5.41) is 19.3. The van der Waals surface area contributed by atoms with E-state index >= 15 is 0 Å². The third kappa shape index (κ3) is 4.15. The zero-order valence-electron chi connectivity index (χ0n) is 10.4. The third-order valence-electron chi connectivity index (χ3n) is 2.38. The highest BCUT2D eigenvalue weighted by Crippen LogP contribution is 2.31. The van der Waals surface area contributed by atoms with Crippen molar-refractivity contribution in [3.05, 3.63) is 29.3 Å². The number of ether oxygens (including phenoxy) is 1. The maximum atomic E-state index is 13.4. The Labute approximate surface area is 113 Å². The normalized spacial score (nSPS) is 14.0. The molecule has 19 heavy (non-hydrogen) atoms. The van der Waals surface area contributed by atoms with Gasteiger partial charge in [0.15, 0.2) is 16.7 Å². The number of rotatable bonds is 5. The molecule has 2 N–H and O–H groups in total. The van der Waals surface area contributed by atoms with Crippen LogP contribution in [0.4, 0.5) is 8.78 Å². The van der Waals surface area contributed by atoms with Crippen LogP contribution < -0.4 is 4.74 Å². The first-order valence-corrected chi connectivity index (χ1v) is 6.37. The van der Waals surface area contributed by atoms with E-state index in [-0.39, 0.29) is 22.2 Å². The summed E-state index contributed by atoms with van der Waals surface area (Å²) in [5.74, 6) is -2.28. The van der Waals surface area contributed by atoms with E-state index in [1.165, 1.54) is 14.0 Å². The lowest BCUT2D eigenvalue weighted by Crippen LogP contribution is -2.22. The fourth-order valence-electron chi connectivity index (χ4n) is 1.52. The van der Waals surface area contributed by atoms with Crippen molar-refractivity contribution < 1.29 is 28.5 Å². The number of carbonyl (C=O) groups excluding carboxylic acids is 1. The van der Waals surface area contributed by atoms with Crippen molar-refractivity contribution in [3.8, 4) is 5.75 Å². The molecule has 0 fully saturated rings. The quantitative estimate of drug-likeness (QED) is 0.863. The molecule has 0 saturated heterocycles. The molecule has 0 heterocycles. The van der Waals surface area contributed by atoms with Gasteiger partial charge >= 0.3 is 0 Å². The van der Waals surface area contributed by atoms with Crippen LogP contribution in [-0.4, -0.2) is 34.3 Å². The van der Waals surface area contributed by atoms with Crippen LogP contribution in [0.1, 0.15) is 18.6 Å². The summed E-state index contributed by atoms with van der Waals surface area (Å²) in [6.07, 6.45) is -2.89. The van der Waals surface area contributed by atoms with Crippen molar-refractivity contribution in [2.24, 2.45) is 0 Å². The molecule has 7 heteroatoms. The highest BCUT2D eigenvalue weighted by atomic mass is 32.2. The minimum atomic E-state index is -1.55. The molecule has 0 saturated carbocycles. The monoisotopic (exact) mass is 292 g/mol. The summed E-state index contributed by atoms with van der Waals surface area (Å²) >= 11 is 0.807. The van der Waals surface area contributed by atoms with Crippen LogP contribution in [0.2, 0.25) is 0 Å². The van der Waals surface area contributed by atoms with Crippen LogP contribution >= 0.6 is 11.8 Å². The van der Waals surface area contributed by atoms with Gasteiger partial charge in [-0.05, 0) is 6.07 Å². The van der Waals surface area contributed by atoms with Crippen LogP contribution in [0.15, 0.2) is 12.1 Å². The Kier molecular flexibility index (Phi) is 5.71. The van der Waals surface area contributed by atoms with Gasteiger partial charge in [0.05, 0.1) is 13.2 Å². The second-order valence-electron chi connectivity index (χ2n) is 3.82. The molecule has 0 aliphatic heterocycles. The molecule has 0 radical (unpaired) electrons. The maximum Gasteiger partial charge on any atom is 0.185 e. The number of aliphatic hydroxyl groups is 2. The first kappa shape index (κ1) is 15.9. The Balaban J connectivity index is 2.97. The van der Waals surface area contributed by atoms with Crippen LogP contribution in [0.3, 0.4) is 0 Å². The van der Waals surface area contributed by atoms with Gasteiger partial charge in [-0.1, -0.05) is 11.8 Å². The molecule has 0 bridgehead atoms. The highest BCUT2D eigenvalue weighted by Gasteiger charge is 2.25. The second-order valence-corrected chi connectivity index (χ2v) is 5.02. The molecule has 1 rings (SSSR count). The zero-order chi connectivity index (χ0) is 14.6. The summed E-state index contributed by atoms with van der Waals surface area (Å²) in [6, 6.07) is 1.50. The Morgan fingerprint density at radius 1 is 1.42 bits per heavy atom. The summed E-state index contributed by atoms with van der Waals surface area (Å²) in [6.45, 7) is 1.31. The van der Waals surface area contributed by atoms with Crippen LogP contribution in [0.25, 0.3) is 0 Å². The predicted molar refractivity (Wildman–Crippen MR) is 67.0 cm³/mol. The van der Waals surface area contributed by atoms with Crippen LogP contribution in [-0.2, 0) is 4.79 Å². The van der Waals surface area contributed by atoms with Crippen LogP contribution in [0.5, 0.6) is 5.75 Å². The van der Waals surface area contributed by atoms with Gasteiger partial charge < -0.3 is 14.9 Å². The highest BCUT2D eigenvalue weighted by molar-refractivity contribution is 8.13. The topological polar surface area (TPSA) is 66.8 Å². The van der Waals surface area contributed by atoms with Gasteiger partial charge in [0.1, 0.15) is 11.9 Å². The van der Waals surface area contributed by atoms with Crippen molar-refractivity contribution in [2.45, 2.75) is 19.1 Å². The molecule has 2 unspecified atom stereocenters. The van der Waals surface area contributed by atoms with E-state index in [2.05, 4.69) is 0 Å². The number of methoxy groups -OCH3 is 1. The van der Waals surface area contributed by atoms with Crippen molar-refractivity contribution in [3.63, 3.8) is 0 Å². The molecule has 2 atom stereocenters. The fourth-order valence-corrected chi connectivity index (χ4v) is 2.10. The maximum absolute atomic E-state index is 13.4. The van der Waals surface area contributed by atoms with Gasteiger partial charge in [-0.2, -0.15) is 0 Å². The molecule has 0 aliphatic rings. The molecule has 0 aromatic heterocycles. The Hall–Kier alpha value is -1.18. The predicted octanol–water partition coefficient (Wildman–Crippen LogP) is 1.65. The van der Waals surface area contributed by atoms with E-state index in [9.17, 15) is 23.8 Å². The number of benzene rings is 1. The Bertz CT molecular complexity index is 467. The van der Waals surface area contributed by atoms with E-state index in [0.717, 1.165) is 17.8 Å². The molecule has 0 amide bonds. The number of halogens is 2.